The Morgan fingerprint density at radius 3 is 2.53 bits per heavy atom. The van der Waals surface area contributed by atoms with Gasteiger partial charge in [-0.2, -0.15) is 0 Å². The highest BCUT2D eigenvalue weighted by Crippen LogP contribution is 2.18. The summed E-state index contributed by atoms with van der Waals surface area (Å²) in [5, 5.41) is 9.91. The van der Waals surface area contributed by atoms with Gasteiger partial charge in [0.1, 0.15) is 5.76 Å². The number of hydrogen-bond acceptors (Lipinski definition) is 6. The fourth-order valence-corrected chi connectivity index (χ4v) is 1.31. The molecule has 1 rings (SSSR count). The van der Waals surface area contributed by atoms with Crippen LogP contribution in [0.15, 0.2) is 23.9 Å². The number of pyridine rings is 1. The predicted molar refractivity (Wildman–Crippen MR) is 67.7 cm³/mol. The summed E-state index contributed by atoms with van der Waals surface area (Å²) in [4.78, 5) is 26.8. The van der Waals surface area contributed by atoms with Gasteiger partial charge < -0.3 is 14.6 Å². The molecule has 0 saturated carbocycles. The molecule has 0 saturated heterocycles. The first kappa shape index (κ1) is 14.7. The Bertz CT molecular complexity index is 504. The van der Waals surface area contributed by atoms with E-state index < -0.39 is 11.8 Å². The summed E-state index contributed by atoms with van der Waals surface area (Å²) in [5.74, 6) is -1.80. The minimum absolute atomic E-state index is 0.0922. The van der Waals surface area contributed by atoms with E-state index in [1.54, 1.807) is 6.92 Å². The van der Waals surface area contributed by atoms with Crippen molar-refractivity contribution in [3.63, 3.8) is 0 Å². The lowest BCUT2D eigenvalue weighted by molar-refractivity contribution is -0.151. The van der Waals surface area contributed by atoms with E-state index in [0.29, 0.717) is 11.4 Å². The maximum absolute atomic E-state index is 11.6. The maximum Gasteiger partial charge on any atom is 0.379 e. The van der Waals surface area contributed by atoms with Crippen molar-refractivity contribution in [3.05, 3.63) is 29.5 Å². The van der Waals surface area contributed by atoms with Crippen molar-refractivity contribution in [2.45, 2.75) is 13.8 Å². The summed E-state index contributed by atoms with van der Waals surface area (Å²) >= 11 is 0. The monoisotopic (exact) mass is 265 g/mol. The lowest BCUT2D eigenvalue weighted by Crippen LogP contribution is -2.19. The van der Waals surface area contributed by atoms with Crippen molar-refractivity contribution in [3.8, 4) is 5.88 Å². The van der Waals surface area contributed by atoms with Gasteiger partial charge in [0.2, 0.25) is 5.88 Å². The number of methoxy groups -OCH3 is 1. The second kappa shape index (κ2) is 6.53. The van der Waals surface area contributed by atoms with Gasteiger partial charge in [0.25, 0.3) is 5.78 Å². The Morgan fingerprint density at radius 2 is 2.05 bits per heavy atom. The van der Waals surface area contributed by atoms with E-state index >= 15 is 0 Å². The van der Waals surface area contributed by atoms with Crippen LogP contribution < -0.4 is 4.74 Å². The molecule has 0 aliphatic carbocycles. The van der Waals surface area contributed by atoms with Crippen LogP contribution in [0.5, 0.6) is 5.88 Å². The Balaban J connectivity index is 3.00. The molecule has 0 radical (unpaired) electrons. The number of rotatable bonds is 5. The van der Waals surface area contributed by atoms with E-state index in [-0.39, 0.29) is 17.9 Å². The molecule has 0 amide bonds. The first-order valence-electron chi connectivity index (χ1n) is 5.63. The van der Waals surface area contributed by atoms with Gasteiger partial charge in [-0.05, 0) is 19.9 Å². The molecule has 1 aromatic heterocycles. The molecule has 0 aliphatic heterocycles. The summed E-state index contributed by atoms with van der Waals surface area (Å²) in [7, 11) is 1.47. The molecule has 0 unspecified atom stereocenters. The van der Waals surface area contributed by atoms with Crippen LogP contribution >= 0.6 is 0 Å². The Kier molecular flexibility index (Phi) is 5.05. The highest BCUT2D eigenvalue weighted by atomic mass is 16.5. The molecule has 0 bridgehead atoms. The standard InChI is InChI=1S/C13H15NO5/c1-4-19-13(17)12(16)8(2)11(15)9-5-6-10(18-3)14-7-9/h5-7,15H,4H2,1-3H3. The summed E-state index contributed by atoms with van der Waals surface area (Å²) in [6.45, 7) is 3.04. The first-order valence-corrected chi connectivity index (χ1v) is 5.63. The van der Waals surface area contributed by atoms with Gasteiger partial charge in [0.05, 0.1) is 13.7 Å². The number of Topliss-reactive ketones (excluding diaryl/α,β-unsaturated/α-hetero) is 1. The van der Waals surface area contributed by atoms with E-state index in [4.69, 9.17) is 4.74 Å². The summed E-state index contributed by atoms with van der Waals surface area (Å²) in [5.41, 5.74) is 0.223. The van der Waals surface area contributed by atoms with Crippen LogP contribution in [0.3, 0.4) is 0 Å². The van der Waals surface area contributed by atoms with Crippen LogP contribution in [0.4, 0.5) is 0 Å². The number of aromatic nitrogens is 1. The normalized spacial score (nSPS) is 11.5. The average Bonchev–Trinajstić information content (AvgIpc) is 2.45. The number of carbonyl (C=O) groups is 2. The van der Waals surface area contributed by atoms with Crippen LogP contribution in [0.25, 0.3) is 5.76 Å². The lowest BCUT2D eigenvalue weighted by atomic mass is 10.1. The van der Waals surface area contributed by atoms with Crippen molar-refractivity contribution in [2.24, 2.45) is 0 Å². The second-order valence-corrected chi connectivity index (χ2v) is 3.61. The number of ether oxygens (including phenoxy) is 2. The molecule has 0 fully saturated rings. The van der Waals surface area contributed by atoms with Crippen LogP contribution in [0, 0.1) is 0 Å². The smallest absolute Gasteiger partial charge is 0.379 e. The lowest BCUT2D eigenvalue weighted by Gasteiger charge is -2.06. The molecular weight excluding hydrogens is 250 g/mol. The molecule has 1 aromatic rings. The van der Waals surface area contributed by atoms with E-state index in [1.165, 1.54) is 32.4 Å². The van der Waals surface area contributed by atoms with Crippen LogP contribution in [0.2, 0.25) is 0 Å². The molecule has 6 nitrogen and oxygen atoms in total. The summed E-state index contributed by atoms with van der Waals surface area (Å²) in [6, 6.07) is 3.07. The number of ketones is 1. The van der Waals surface area contributed by atoms with Gasteiger partial charge >= 0.3 is 5.97 Å². The fraction of sp³-hybridized carbons (Fsp3) is 0.308. The van der Waals surface area contributed by atoms with E-state index in [9.17, 15) is 14.7 Å². The van der Waals surface area contributed by atoms with Crippen molar-refractivity contribution in [1.82, 2.24) is 4.98 Å². The molecule has 0 aliphatic rings. The number of aliphatic hydroxyl groups excluding tert-OH is 1. The third-order valence-electron chi connectivity index (χ3n) is 2.38. The molecule has 102 valence electrons. The second-order valence-electron chi connectivity index (χ2n) is 3.61. The zero-order chi connectivity index (χ0) is 14.4. The van der Waals surface area contributed by atoms with Crippen LogP contribution in [-0.4, -0.2) is 35.6 Å². The molecule has 0 atom stereocenters. The molecule has 1 heterocycles. The topological polar surface area (TPSA) is 85.7 Å². The SMILES string of the molecule is CCOC(=O)C(=O)C(C)=C(O)c1ccc(OC)nc1. The van der Waals surface area contributed by atoms with Gasteiger partial charge in [-0.3, -0.25) is 4.79 Å². The average molecular weight is 265 g/mol. The van der Waals surface area contributed by atoms with Gasteiger partial charge in [0.15, 0.2) is 0 Å². The minimum atomic E-state index is -0.993. The molecule has 0 aromatic carbocycles. The number of aliphatic hydroxyl groups is 1. The van der Waals surface area contributed by atoms with Crippen molar-refractivity contribution in [2.75, 3.05) is 13.7 Å². The predicted octanol–water partition coefficient (Wildman–Crippen LogP) is 1.51. The van der Waals surface area contributed by atoms with Crippen LogP contribution in [-0.2, 0) is 14.3 Å². The van der Waals surface area contributed by atoms with Gasteiger partial charge in [-0.25, -0.2) is 9.78 Å². The molecular formula is C13H15NO5. The fourth-order valence-electron chi connectivity index (χ4n) is 1.31. The minimum Gasteiger partial charge on any atom is -0.507 e. The summed E-state index contributed by atoms with van der Waals surface area (Å²) in [6.07, 6.45) is 1.34. The Labute approximate surface area is 110 Å². The number of nitrogens with zero attached hydrogens (tertiary/aromatic N) is 1. The molecule has 19 heavy (non-hydrogen) atoms. The van der Waals surface area contributed by atoms with Gasteiger partial charge in [-0.15, -0.1) is 0 Å². The third-order valence-corrected chi connectivity index (χ3v) is 2.38. The maximum atomic E-state index is 11.6. The zero-order valence-corrected chi connectivity index (χ0v) is 11.0. The number of carbonyl (C=O) groups excluding carboxylic acids is 2. The van der Waals surface area contributed by atoms with Crippen molar-refractivity contribution in [1.29, 1.82) is 0 Å². The third kappa shape index (κ3) is 3.54. The van der Waals surface area contributed by atoms with E-state index in [1.807, 2.05) is 0 Å². The van der Waals surface area contributed by atoms with Crippen LogP contribution in [0.1, 0.15) is 19.4 Å². The largest absolute Gasteiger partial charge is 0.507 e. The van der Waals surface area contributed by atoms with Crippen molar-refractivity contribution < 1.29 is 24.2 Å². The molecule has 0 spiro atoms. The molecule has 6 heteroatoms. The number of esters is 1. The first-order chi connectivity index (χ1) is 9.01. The zero-order valence-electron chi connectivity index (χ0n) is 11.0. The molecule has 1 N–H and O–H groups in total. The summed E-state index contributed by atoms with van der Waals surface area (Å²) < 4.78 is 9.46. The quantitative estimate of drug-likeness (QED) is 0.376. The Morgan fingerprint density at radius 1 is 1.37 bits per heavy atom. The number of hydrogen-bond donors (Lipinski definition) is 1. The highest BCUT2D eigenvalue weighted by Gasteiger charge is 2.21. The Hall–Kier alpha value is -2.37. The van der Waals surface area contributed by atoms with Gasteiger partial charge in [-0.1, -0.05) is 0 Å². The van der Waals surface area contributed by atoms with E-state index in [2.05, 4.69) is 9.72 Å². The van der Waals surface area contributed by atoms with E-state index in [0.717, 1.165) is 0 Å². The van der Waals surface area contributed by atoms with Crippen molar-refractivity contribution >= 4 is 17.5 Å². The highest BCUT2D eigenvalue weighted by molar-refractivity contribution is 6.41. The van der Waals surface area contributed by atoms with Gasteiger partial charge in [0, 0.05) is 23.4 Å².